The van der Waals surface area contributed by atoms with Gasteiger partial charge in [0.15, 0.2) is 0 Å². The predicted molar refractivity (Wildman–Crippen MR) is 163 cm³/mol. The van der Waals surface area contributed by atoms with E-state index in [4.69, 9.17) is 0 Å². The Morgan fingerprint density at radius 3 is 1.45 bits per heavy atom. The van der Waals surface area contributed by atoms with Crippen LogP contribution >= 0.6 is 0 Å². The summed E-state index contributed by atoms with van der Waals surface area (Å²) in [4.78, 5) is 5.26. The molecule has 0 radical (unpaired) electrons. The van der Waals surface area contributed by atoms with Crippen molar-refractivity contribution in [2.75, 3.05) is 22.9 Å². The summed E-state index contributed by atoms with van der Waals surface area (Å²) in [5.74, 6) is 0. The lowest BCUT2D eigenvalue weighted by molar-refractivity contribution is 0.220. The van der Waals surface area contributed by atoms with Crippen molar-refractivity contribution in [3.05, 3.63) is 144 Å². The molecule has 2 heteroatoms. The molecule has 4 heterocycles. The molecule has 1 fully saturated rings. The Morgan fingerprint density at radius 2 is 1.08 bits per heavy atom. The van der Waals surface area contributed by atoms with Gasteiger partial charge in [-0.3, -0.25) is 0 Å². The molecule has 4 aromatic rings. The molecule has 38 heavy (non-hydrogen) atoms. The second kappa shape index (κ2) is 10.4. The van der Waals surface area contributed by atoms with Crippen LogP contribution in [0.3, 0.4) is 0 Å². The molecule has 0 aromatic heterocycles. The highest BCUT2D eigenvalue weighted by Gasteiger charge is 2.46. The van der Waals surface area contributed by atoms with Crippen LogP contribution in [0.25, 0.3) is 11.1 Å². The smallest absolute Gasteiger partial charge is 0.113 e. The minimum atomic E-state index is 0.0629. The first-order valence-corrected chi connectivity index (χ1v) is 14.0. The second-order valence-electron chi connectivity index (χ2n) is 10.3. The quantitative estimate of drug-likeness (QED) is 0.272. The van der Waals surface area contributed by atoms with E-state index in [1.165, 1.54) is 64.0 Å². The minimum Gasteiger partial charge on any atom is -0.349 e. The summed E-state index contributed by atoms with van der Waals surface area (Å²) in [6.07, 6.45) is 8.28. The third-order valence-corrected chi connectivity index (χ3v) is 8.36. The third kappa shape index (κ3) is 4.24. The molecule has 0 saturated heterocycles. The molecule has 0 unspecified atom stereocenters. The summed E-state index contributed by atoms with van der Waals surface area (Å²) in [5, 5.41) is 0. The first-order chi connectivity index (χ1) is 18.7. The van der Waals surface area contributed by atoms with E-state index in [9.17, 15) is 0 Å². The average molecular weight is 497 g/mol. The zero-order valence-corrected chi connectivity index (χ0v) is 22.5. The Bertz CT molecular complexity index is 1330. The van der Waals surface area contributed by atoms with Gasteiger partial charge in [-0.15, -0.1) is 0 Å². The van der Waals surface area contributed by atoms with Crippen LogP contribution in [0.1, 0.15) is 55.4 Å². The minimum absolute atomic E-state index is 0.0629. The summed E-state index contributed by atoms with van der Waals surface area (Å²) in [7, 11) is 0. The number of rotatable bonds is 5. The fourth-order valence-electron chi connectivity index (χ4n) is 6.38. The largest absolute Gasteiger partial charge is 0.349 e. The lowest BCUT2D eigenvalue weighted by Gasteiger charge is -2.58. The van der Waals surface area contributed by atoms with Crippen molar-refractivity contribution in [2.24, 2.45) is 0 Å². The van der Waals surface area contributed by atoms with E-state index in [-0.39, 0.29) is 5.66 Å². The molecule has 0 atom stereocenters. The standard InChI is InChI=1S/C36H36N2/c1-3-37-32-20-16-30(17-21-32)35(31-18-22-33(23-19-31)38(4-2)36(37)26-11-27-36)25-24-34(28-12-7-5-8-13-28)29-14-9-6-10-15-29/h5-10,12-25H,3-4,11,26-27H2,1-2H3. The van der Waals surface area contributed by atoms with Crippen LogP contribution in [0.15, 0.2) is 121 Å². The number of hydrogen-bond donors (Lipinski definition) is 0. The van der Waals surface area contributed by atoms with Gasteiger partial charge in [0.1, 0.15) is 5.66 Å². The van der Waals surface area contributed by atoms with Gasteiger partial charge in [-0.1, -0.05) is 97.1 Å². The van der Waals surface area contributed by atoms with Crippen LogP contribution in [0.4, 0.5) is 11.4 Å². The van der Waals surface area contributed by atoms with Gasteiger partial charge in [0, 0.05) is 24.5 Å². The average Bonchev–Trinajstić information content (AvgIpc) is 2.95. The molecule has 4 aliphatic heterocycles. The molecule has 2 nitrogen and oxygen atoms in total. The number of nitrogens with zero attached hydrogens (tertiary/aromatic N) is 2. The highest BCUT2D eigenvalue weighted by Crippen LogP contribution is 2.46. The Hall–Kier alpha value is -4.04. The lowest BCUT2D eigenvalue weighted by atomic mass is 9.80. The van der Waals surface area contributed by atoms with E-state index in [1.54, 1.807) is 0 Å². The summed E-state index contributed by atoms with van der Waals surface area (Å²) >= 11 is 0. The van der Waals surface area contributed by atoms with Gasteiger partial charge >= 0.3 is 0 Å². The van der Waals surface area contributed by atoms with E-state index in [0.717, 1.165) is 13.1 Å². The Morgan fingerprint density at radius 1 is 0.632 bits per heavy atom. The Kier molecular flexibility index (Phi) is 6.64. The maximum atomic E-state index is 2.63. The summed E-state index contributed by atoms with van der Waals surface area (Å²) in [6, 6.07) is 39.9. The lowest BCUT2D eigenvalue weighted by Crippen LogP contribution is -2.65. The summed E-state index contributed by atoms with van der Waals surface area (Å²) in [5.41, 5.74) is 10.1. The molecule has 4 bridgehead atoms. The second-order valence-corrected chi connectivity index (χ2v) is 10.3. The number of allylic oxidation sites excluding steroid dienone is 2. The molecular weight excluding hydrogens is 460 g/mol. The topological polar surface area (TPSA) is 6.48 Å². The molecule has 9 rings (SSSR count). The predicted octanol–water partition coefficient (Wildman–Crippen LogP) is 8.80. The van der Waals surface area contributed by atoms with Gasteiger partial charge in [-0.05, 0) is 90.8 Å². The normalized spacial score (nSPS) is 15.6. The van der Waals surface area contributed by atoms with Crippen LogP contribution in [0.2, 0.25) is 0 Å². The third-order valence-electron chi connectivity index (χ3n) is 8.36. The maximum absolute atomic E-state index is 2.63. The van der Waals surface area contributed by atoms with Crippen molar-refractivity contribution in [3.8, 4) is 0 Å². The molecule has 1 saturated carbocycles. The van der Waals surface area contributed by atoms with Crippen LogP contribution in [-0.4, -0.2) is 18.8 Å². The summed E-state index contributed by atoms with van der Waals surface area (Å²) in [6.45, 7) is 6.58. The molecule has 5 aliphatic rings. The molecular formula is C36H36N2. The molecule has 190 valence electrons. The molecule has 1 spiro atoms. The fourth-order valence-corrected chi connectivity index (χ4v) is 6.38. The molecule has 1 aliphatic carbocycles. The zero-order chi connectivity index (χ0) is 26.0. The first kappa shape index (κ1) is 24.3. The first-order valence-electron chi connectivity index (χ1n) is 14.0. The monoisotopic (exact) mass is 496 g/mol. The van der Waals surface area contributed by atoms with Crippen LogP contribution < -0.4 is 9.80 Å². The molecule has 0 N–H and O–H groups in total. The van der Waals surface area contributed by atoms with E-state index < -0.39 is 0 Å². The van der Waals surface area contributed by atoms with E-state index in [0.29, 0.717) is 0 Å². The van der Waals surface area contributed by atoms with Gasteiger partial charge in [-0.25, -0.2) is 0 Å². The number of benzene rings is 4. The van der Waals surface area contributed by atoms with Crippen molar-refractivity contribution in [3.63, 3.8) is 0 Å². The van der Waals surface area contributed by atoms with Gasteiger partial charge in [0.2, 0.25) is 0 Å². The zero-order valence-electron chi connectivity index (χ0n) is 22.5. The Balaban J connectivity index is 1.51. The molecule has 0 amide bonds. The van der Waals surface area contributed by atoms with Crippen LogP contribution in [-0.2, 0) is 0 Å². The number of anilines is 2. The van der Waals surface area contributed by atoms with Gasteiger partial charge in [0.25, 0.3) is 0 Å². The fraction of sp³-hybridized carbons (Fsp3) is 0.222. The van der Waals surface area contributed by atoms with Gasteiger partial charge in [0.05, 0.1) is 0 Å². The highest BCUT2D eigenvalue weighted by molar-refractivity contribution is 5.87. The van der Waals surface area contributed by atoms with Crippen molar-refractivity contribution < 1.29 is 0 Å². The maximum Gasteiger partial charge on any atom is 0.113 e. The van der Waals surface area contributed by atoms with Crippen molar-refractivity contribution >= 4 is 22.5 Å². The van der Waals surface area contributed by atoms with E-state index >= 15 is 0 Å². The Labute approximate surface area is 227 Å². The van der Waals surface area contributed by atoms with Crippen molar-refractivity contribution in [2.45, 2.75) is 38.8 Å². The molecule has 4 aromatic carbocycles. The van der Waals surface area contributed by atoms with Gasteiger partial charge < -0.3 is 9.80 Å². The van der Waals surface area contributed by atoms with E-state index in [2.05, 4.69) is 145 Å². The van der Waals surface area contributed by atoms with Gasteiger partial charge in [-0.2, -0.15) is 0 Å². The SMILES string of the molecule is CCN1c2ccc(cc2)C(=CC=C(c2ccccc2)c2ccccc2)c2ccc(cc2)N(CC)C12CCC2. The number of hydrogen-bond acceptors (Lipinski definition) is 2. The summed E-state index contributed by atoms with van der Waals surface area (Å²) < 4.78 is 0. The van der Waals surface area contributed by atoms with Crippen LogP contribution in [0.5, 0.6) is 0 Å². The van der Waals surface area contributed by atoms with Crippen LogP contribution in [0, 0.1) is 0 Å². The van der Waals surface area contributed by atoms with Crippen molar-refractivity contribution in [1.82, 2.24) is 0 Å². The highest BCUT2D eigenvalue weighted by atomic mass is 15.4. The van der Waals surface area contributed by atoms with E-state index in [1.807, 2.05) is 0 Å². The van der Waals surface area contributed by atoms with Crippen molar-refractivity contribution in [1.29, 1.82) is 0 Å².